The van der Waals surface area contributed by atoms with Crippen molar-refractivity contribution in [2.24, 2.45) is 0 Å². The zero-order valence-corrected chi connectivity index (χ0v) is 14.7. The molecule has 2 aromatic carbocycles. The summed E-state index contributed by atoms with van der Waals surface area (Å²) in [7, 11) is -1.35. The molecule has 0 unspecified atom stereocenters. The van der Waals surface area contributed by atoms with Gasteiger partial charge in [0.05, 0.1) is 21.3 Å². The normalized spacial score (nSPS) is 11.6. The van der Waals surface area contributed by atoms with Crippen LogP contribution < -0.4 is 4.90 Å². The number of esters is 1. The molecule has 1 atom stereocenters. The molecule has 0 bridgehead atoms. The summed E-state index contributed by atoms with van der Waals surface area (Å²) in [6.07, 6.45) is 1.46. The quantitative estimate of drug-likeness (QED) is 0.741. The molecule has 2 rings (SSSR count). The average molecular weight is 363 g/mol. The fourth-order valence-electron chi connectivity index (χ4n) is 2.29. The molecular formula is C18H18FNO4S. The summed E-state index contributed by atoms with van der Waals surface area (Å²) in [6, 6.07) is 11.8. The molecular weight excluding hydrogens is 345 g/mol. The van der Waals surface area contributed by atoms with Crippen LogP contribution in [-0.2, 0) is 20.3 Å². The van der Waals surface area contributed by atoms with Crippen LogP contribution >= 0.6 is 0 Å². The van der Waals surface area contributed by atoms with Gasteiger partial charge in [0.25, 0.3) is 5.91 Å². The topological polar surface area (TPSA) is 63.7 Å². The molecule has 25 heavy (non-hydrogen) atoms. The molecule has 0 spiro atoms. The predicted octanol–water partition coefficient (Wildman–Crippen LogP) is 2.77. The maximum absolute atomic E-state index is 13.0. The van der Waals surface area contributed by atoms with Gasteiger partial charge < -0.3 is 9.64 Å². The maximum Gasteiger partial charge on any atom is 0.339 e. The van der Waals surface area contributed by atoms with Crippen LogP contribution in [0.25, 0.3) is 0 Å². The molecule has 132 valence electrons. The minimum absolute atomic E-state index is 0.168. The van der Waals surface area contributed by atoms with Crippen LogP contribution in [0.4, 0.5) is 10.1 Å². The van der Waals surface area contributed by atoms with Gasteiger partial charge in [0, 0.05) is 18.5 Å². The standard InChI is InChI=1S/C18H18FNO4S/c1-3-20(14-10-8-13(19)9-11-14)17(21)12-24-18(22)15-6-4-5-7-16(15)25(2)23/h4-11H,3,12H2,1-2H3/t25-/m0/s1. The molecule has 1 amide bonds. The molecule has 0 saturated heterocycles. The zero-order chi connectivity index (χ0) is 18.4. The van der Waals surface area contributed by atoms with E-state index in [1.54, 1.807) is 25.1 Å². The van der Waals surface area contributed by atoms with Crippen molar-refractivity contribution in [3.8, 4) is 0 Å². The highest BCUT2D eigenvalue weighted by Crippen LogP contribution is 2.16. The number of rotatable bonds is 6. The molecule has 0 aromatic heterocycles. The van der Waals surface area contributed by atoms with Gasteiger partial charge in [-0.3, -0.25) is 9.00 Å². The largest absolute Gasteiger partial charge is 0.452 e. The molecule has 5 nitrogen and oxygen atoms in total. The lowest BCUT2D eigenvalue weighted by atomic mass is 10.2. The summed E-state index contributed by atoms with van der Waals surface area (Å²) in [5.41, 5.74) is 0.681. The number of hydrogen-bond donors (Lipinski definition) is 0. The molecule has 0 fully saturated rings. The predicted molar refractivity (Wildman–Crippen MR) is 93.5 cm³/mol. The van der Waals surface area contributed by atoms with Crippen LogP contribution in [0.1, 0.15) is 17.3 Å². The van der Waals surface area contributed by atoms with Gasteiger partial charge >= 0.3 is 5.97 Å². The number of ether oxygens (including phenoxy) is 1. The van der Waals surface area contributed by atoms with Gasteiger partial charge in [-0.25, -0.2) is 9.18 Å². The Morgan fingerprint density at radius 1 is 1.12 bits per heavy atom. The van der Waals surface area contributed by atoms with Gasteiger partial charge in [0.1, 0.15) is 5.82 Å². The van der Waals surface area contributed by atoms with Gasteiger partial charge in [0.2, 0.25) is 0 Å². The van der Waals surface area contributed by atoms with E-state index in [4.69, 9.17) is 4.74 Å². The SMILES string of the molecule is CCN(C(=O)COC(=O)c1ccccc1[S@](C)=O)c1ccc(F)cc1. The lowest BCUT2D eigenvalue weighted by Gasteiger charge is -2.21. The van der Waals surface area contributed by atoms with Crippen molar-refractivity contribution in [1.82, 2.24) is 0 Å². The molecule has 0 N–H and O–H groups in total. The van der Waals surface area contributed by atoms with Crippen LogP contribution in [0.2, 0.25) is 0 Å². The average Bonchev–Trinajstić information content (AvgIpc) is 2.61. The molecule has 0 aliphatic carbocycles. The third-order valence-corrected chi connectivity index (χ3v) is 4.47. The number of anilines is 1. The van der Waals surface area contributed by atoms with Crippen LogP contribution in [0, 0.1) is 5.82 Å². The fourth-order valence-corrected chi connectivity index (χ4v) is 3.02. The lowest BCUT2D eigenvalue weighted by Crippen LogP contribution is -2.34. The van der Waals surface area contributed by atoms with Crippen LogP contribution in [-0.4, -0.2) is 35.5 Å². The summed E-state index contributed by atoms with van der Waals surface area (Å²) in [6.45, 7) is 1.64. The van der Waals surface area contributed by atoms with Crippen molar-refractivity contribution in [3.05, 3.63) is 59.9 Å². The summed E-state index contributed by atoms with van der Waals surface area (Å²) < 4.78 is 29.7. The Hall–Kier alpha value is -2.54. The molecule has 0 heterocycles. The van der Waals surface area contributed by atoms with Crippen molar-refractivity contribution in [3.63, 3.8) is 0 Å². The van der Waals surface area contributed by atoms with Crippen LogP contribution in [0.5, 0.6) is 0 Å². The Balaban J connectivity index is 2.07. The molecule has 0 saturated carbocycles. The van der Waals surface area contributed by atoms with Gasteiger partial charge in [-0.05, 0) is 43.3 Å². The van der Waals surface area contributed by atoms with E-state index in [0.717, 1.165) is 0 Å². The highest BCUT2D eigenvalue weighted by molar-refractivity contribution is 7.84. The Morgan fingerprint density at radius 2 is 1.76 bits per heavy atom. The second-order valence-corrected chi connectivity index (χ2v) is 6.49. The minimum atomic E-state index is -1.35. The van der Waals surface area contributed by atoms with E-state index in [0.29, 0.717) is 17.1 Å². The number of amides is 1. The van der Waals surface area contributed by atoms with Gasteiger partial charge in [-0.2, -0.15) is 0 Å². The number of benzene rings is 2. The van der Waals surface area contributed by atoms with Crippen LogP contribution in [0.15, 0.2) is 53.4 Å². The second-order valence-electron chi connectivity index (χ2n) is 5.14. The van der Waals surface area contributed by atoms with E-state index >= 15 is 0 Å². The highest BCUT2D eigenvalue weighted by Gasteiger charge is 2.19. The van der Waals surface area contributed by atoms with Crippen molar-refractivity contribution < 1.29 is 22.9 Å². The van der Waals surface area contributed by atoms with E-state index in [2.05, 4.69) is 0 Å². The molecule has 7 heteroatoms. The number of carbonyl (C=O) groups is 2. The van der Waals surface area contributed by atoms with Gasteiger partial charge in [0.15, 0.2) is 6.61 Å². The van der Waals surface area contributed by atoms with Gasteiger partial charge in [-0.15, -0.1) is 0 Å². The smallest absolute Gasteiger partial charge is 0.339 e. The summed E-state index contributed by atoms with van der Waals surface area (Å²) in [5.74, 6) is -1.55. The molecule has 0 radical (unpaired) electrons. The van der Waals surface area contributed by atoms with E-state index in [9.17, 15) is 18.2 Å². The number of nitrogens with zero attached hydrogens (tertiary/aromatic N) is 1. The van der Waals surface area contributed by atoms with Gasteiger partial charge in [-0.1, -0.05) is 12.1 Å². The number of hydrogen-bond acceptors (Lipinski definition) is 4. The van der Waals surface area contributed by atoms with Crippen molar-refractivity contribution in [1.29, 1.82) is 0 Å². The zero-order valence-electron chi connectivity index (χ0n) is 13.9. The molecule has 2 aromatic rings. The van der Waals surface area contributed by atoms with E-state index in [1.807, 2.05) is 0 Å². The minimum Gasteiger partial charge on any atom is -0.452 e. The Morgan fingerprint density at radius 3 is 2.36 bits per heavy atom. The van der Waals surface area contributed by atoms with Crippen LogP contribution in [0.3, 0.4) is 0 Å². The number of likely N-dealkylation sites (N-methyl/N-ethyl adjacent to an activating group) is 1. The van der Waals surface area contributed by atoms with Crippen molar-refractivity contribution in [2.45, 2.75) is 11.8 Å². The summed E-state index contributed by atoms with van der Waals surface area (Å²) in [5, 5.41) is 0. The Labute approximate surface area is 147 Å². The fraction of sp³-hybridized carbons (Fsp3) is 0.222. The van der Waals surface area contributed by atoms with Crippen molar-refractivity contribution in [2.75, 3.05) is 24.3 Å². The van der Waals surface area contributed by atoms with E-state index in [1.165, 1.54) is 41.5 Å². The number of halogens is 1. The molecule has 0 aliphatic rings. The first-order valence-corrected chi connectivity index (χ1v) is 9.15. The lowest BCUT2D eigenvalue weighted by molar-refractivity contribution is -0.121. The third kappa shape index (κ3) is 4.73. The van der Waals surface area contributed by atoms with E-state index < -0.39 is 35.1 Å². The second kappa shape index (κ2) is 8.53. The van der Waals surface area contributed by atoms with E-state index in [-0.39, 0.29) is 5.56 Å². The Bertz CT molecular complexity index is 792. The first kappa shape index (κ1) is 18.8. The number of carbonyl (C=O) groups excluding carboxylic acids is 2. The first-order chi connectivity index (χ1) is 11.9. The monoisotopic (exact) mass is 363 g/mol. The highest BCUT2D eigenvalue weighted by atomic mass is 32.2. The summed E-state index contributed by atoms with van der Waals surface area (Å²) in [4.78, 5) is 26.2. The Kier molecular flexibility index (Phi) is 6.41. The first-order valence-electron chi connectivity index (χ1n) is 7.59. The van der Waals surface area contributed by atoms with Crippen molar-refractivity contribution >= 4 is 28.4 Å². The maximum atomic E-state index is 13.0. The summed E-state index contributed by atoms with van der Waals surface area (Å²) >= 11 is 0. The molecule has 0 aliphatic heterocycles. The third-order valence-electron chi connectivity index (χ3n) is 3.50.